The number of carbonyl (C=O) groups excluding carboxylic acids is 1. The summed E-state index contributed by atoms with van der Waals surface area (Å²) in [5.74, 6) is -1.38. The van der Waals surface area contributed by atoms with Crippen molar-refractivity contribution in [3.8, 4) is 0 Å². The molecule has 0 spiro atoms. The van der Waals surface area contributed by atoms with Crippen LogP contribution in [0.2, 0.25) is 0 Å². The number of para-hydroxylation sites is 1. The van der Waals surface area contributed by atoms with E-state index >= 15 is 0 Å². The smallest absolute Gasteiger partial charge is 0.254 e. The summed E-state index contributed by atoms with van der Waals surface area (Å²) in [6.07, 6.45) is 0. The normalized spacial score (nSPS) is 15.3. The summed E-state index contributed by atoms with van der Waals surface area (Å²) < 4.78 is 39.9. The number of benzene rings is 2. The highest BCUT2D eigenvalue weighted by molar-refractivity contribution is 7.89. The van der Waals surface area contributed by atoms with Crippen molar-refractivity contribution in [2.24, 2.45) is 0 Å². The van der Waals surface area contributed by atoms with Crippen LogP contribution in [0, 0.1) is 5.82 Å². The van der Waals surface area contributed by atoms with Gasteiger partial charge in [-0.3, -0.25) is 9.69 Å². The Morgan fingerprint density at radius 2 is 1.76 bits per heavy atom. The predicted molar refractivity (Wildman–Crippen MR) is 110 cm³/mol. The van der Waals surface area contributed by atoms with Crippen LogP contribution in [0.4, 0.5) is 10.1 Å². The molecule has 1 fully saturated rings. The molecule has 1 saturated heterocycles. The second-order valence-corrected chi connectivity index (χ2v) is 8.66. The first-order valence-electron chi connectivity index (χ1n) is 9.44. The second-order valence-electron chi connectivity index (χ2n) is 6.77. The van der Waals surface area contributed by atoms with Gasteiger partial charge in [0.15, 0.2) is 0 Å². The molecule has 0 unspecified atom stereocenters. The van der Waals surface area contributed by atoms with Crippen molar-refractivity contribution in [3.63, 3.8) is 0 Å². The number of hydrogen-bond acceptors (Lipinski definition) is 5. The van der Waals surface area contributed by atoms with E-state index in [9.17, 15) is 17.6 Å². The minimum absolute atomic E-state index is 0.149. The SMILES string of the molecule is CNS(=O)(=O)c1ccc(F)c(C(=O)NCCN2CCN(c3ccccc3)CC2)c1. The van der Waals surface area contributed by atoms with Crippen LogP contribution in [0.1, 0.15) is 10.4 Å². The molecule has 156 valence electrons. The van der Waals surface area contributed by atoms with Crippen LogP contribution in [-0.4, -0.2) is 65.5 Å². The van der Waals surface area contributed by atoms with Gasteiger partial charge in [-0.2, -0.15) is 0 Å². The maximum absolute atomic E-state index is 14.0. The molecule has 29 heavy (non-hydrogen) atoms. The van der Waals surface area contributed by atoms with Crippen molar-refractivity contribution in [2.75, 3.05) is 51.2 Å². The van der Waals surface area contributed by atoms with E-state index in [0.717, 1.165) is 44.4 Å². The molecule has 1 aliphatic heterocycles. The Hall–Kier alpha value is -2.49. The molecule has 2 aromatic rings. The summed E-state index contributed by atoms with van der Waals surface area (Å²) in [6.45, 7) is 4.54. The van der Waals surface area contributed by atoms with Crippen molar-refractivity contribution in [2.45, 2.75) is 4.90 Å². The van der Waals surface area contributed by atoms with Gasteiger partial charge in [0, 0.05) is 45.0 Å². The maximum atomic E-state index is 14.0. The van der Waals surface area contributed by atoms with Crippen molar-refractivity contribution >= 4 is 21.6 Å². The third-order valence-electron chi connectivity index (χ3n) is 4.97. The number of sulfonamides is 1. The van der Waals surface area contributed by atoms with Gasteiger partial charge in [0.2, 0.25) is 10.0 Å². The molecule has 0 aliphatic carbocycles. The molecule has 0 bridgehead atoms. The lowest BCUT2D eigenvalue weighted by atomic mass is 10.2. The van der Waals surface area contributed by atoms with E-state index in [1.54, 1.807) is 0 Å². The molecule has 0 saturated carbocycles. The predicted octanol–water partition coefficient (Wildman–Crippen LogP) is 1.29. The van der Waals surface area contributed by atoms with Crippen LogP contribution in [0.5, 0.6) is 0 Å². The van der Waals surface area contributed by atoms with Gasteiger partial charge in [-0.05, 0) is 37.4 Å². The Balaban J connectivity index is 1.50. The molecular formula is C20H25FN4O3S. The summed E-state index contributed by atoms with van der Waals surface area (Å²) in [6, 6.07) is 13.4. The fourth-order valence-corrected chi connectivity index (χ4v) is 4.01. The monoisotopic (exact) mass is 420 g/mol. The molecule has 7 nitrogen and oxygen atoms in total. The number of hydrogen-bond donors (Lipinski definition) is 2. The Bertz CT molecular complexity index is 945. The number of nitrogens with one attached hydrogen (secondary N) is 2. The Kier molecular flexibility index (Phi) is 6.83. The third-order valence-corrected chi connectivity index (χ3v) is 6.38. The Morgan fingerprint density at radius 3 is 2.41 bits per heavy atom. The van der Waals surface area contributed by atoms with Gasteiger partial charge in [0.1, 0.15) is 5.82 Å². The van der Waals surface area contributed by atoms with Crippen LogP contribution in [0.15, 0.2) is 53.4 Å². The highest BCUT2D eigenvalue weighted by Gasteiger charge is 2.19. The average Bonchev–Trinajstić information content (AvgIpc) is 2.75. The van der Waals surface area contributed by atoms with Gasteiger partial charge < -0.3 is 10.2 Å². The molecular weight excluding hydrogens is 395 g/mol. The van der Waals surface area contributed by atoms with Crippen molar-refractivity contribution in [1.29, 1.82) is 0 Å². The lowest BCUT2D eigenvalue weighted by Crippen LogP contribution is -2.48. The standard InChI is InChI=1S/C20H25FN4O3S/c1-22-29(27,28)17-7-8-19(21)18(15-17)20(26)23-9-10-24-11-13-25(14-12-24)16-5-3-2-4-6-16/h2-8,15,22H,9-14H2,1H3,(H,23,26). The number of halogens is 1. The average molecular weight is 421 g/mol. The summed E-state index contributed by atoms with van der Waals surface area (Å²) >= 11 is 0. The highest BCUT2D eigenvalue weighted by Crippen LogP contribution is 2.16. The maximum Gasteiger partial charge on any atom is 0.254 e. The molecule has 0 atom stereocenters. The number of rotatable bonds is 7. The molecule has 2 N–H and O–H groups in total. The van der Waals surface area contributed by atoms with Crippen molar-refractivity contribution in [3.05, 3.63) is 59.9 Å². The third kappa shape index (κ3) is 5.31. The largest absolute Gasteiger partial charge is 0.369 e. The van der Waals surface area contributed by atoms with Crippen LogP contribution in [-0.2, 0) is 10.0 Å². The number of anilines is 1. The zero-order valence-electron chi connectivity index (χ0n) is 16.3. The zero-order chi connectivity index (χ0) is 20.9. The summed E-state index contributed by atoms with van der Waals surface area (Å²) in [7, 11) is -2.49. The lowest BCUT2D eigenvalue weighted by Gasteiger charge is -2.36. The van der Waals surface area contributed by atoms with E-state index in [4.69, 9.17) is 0 Å². The van der Waals surface area contributed by atoms with E-state index in [-0.39, 0.29) is 10.5 Å². The van der Waals surface area contributed by atoms with Gasteiger partial charge in [0.05, 0.1) is 10.5 Å². The van der Waals surface area contributed by atoms with E-state index in [1.807, 2.05) is 18.2 Å². The molecule has 1 amide bonds. The first-order valence-corrected chi connectivity index (χ1v) is 10.9. The minimum Gasteiger partial charge on any atom is -0.369 e. The summed E-state index contributed by atoms with van der Waals surface area (Å²) in [5.41, 5.74) is 0.919. The van der Waals surface area contributed by atoms with Crippen LogP contribution >= 0.6 is 0 Å². The Labute approximate surface area is 170 Å². The molecule has 3 rings (SSSR count). The van der Waals surface area contributed by atoms with Gasteiger partial charge >= 0.3 is 0 Å². The van der Waals surface area contributed by atoms with Crippen molar-refractivity contribution < 1.29 is 17.6 Å². The van der Waals surface area contributed by atoms with Gasteiger partial charge in [-0.15, -0.1) is 0 Å². The number of amides is 1. The first-order chi connectivity index (χ1) is 13.9. The van der Waals surface area contributed by atoms with Crippen molar-refractivity contribution in [1.82, 2.24) is 14.9 Å². The van der Waals surface area contributed by atoms with E-state index in [1.165, 1.54) is 12.7 Å². The van der Waals surface area contributed by atoms with Crippen LogP contribution < -0.4 is 14.9 Å². The van der Waals surface area contributed by atoms with Crippen LogP contribution in [0.25, 0.3) is 0 Å². The lowest BCUT2D eigenvalue weighted by molar-refractivity contribution is 0.0943. The van der Waals surface area contributed by atoms with E-state index in [2.05, 4.69) is 32.0 Å². The molecule has 2 aromatic carbocycles. The van der Waals surface area contributed by atoms with E-state index < -0.39 is 21.7 Å². The molecule has 9 heteroatoms. The highest BCUT2D eigenvalue weighted by atomic mass is 32.2. The molecule has 0 radical (unpaired) electrons. The molecule has 0 aromatic heterocycles. The Morgan fingerprint density at radius 1 is 1.07 bits per heavy atom. The number of nitrogens with zero attached hydrogens (tertiary/aromatic N) is 2. The van der Waals surface area contributed by atoms with Gasteiger partial charge in [-0.25, -0.2) is 17.5 Å². The summed E-state index contributed by atoms with van der Waals surface area (Å²) in [5, 5.41) is 2.68. The number of carbonyl (C=O) groups is 1. The van der Waals surface area contributed by atoms with Gasteiger partial charge in [-0.1, -0.05) is 18.2 Å². The fraction of sp³-hybridized carbons (Fsp3) is 0.350. The second kappa shape index (κ2) is 9.34. The quantitative estimate of drug-likeness (QED) is 0.705. The molecule has 1 heterocycles. The van der Waals surface area contributed by atoms with Gasteiger partial charge in [0.25, 0.3) is 5.91 Å². The van der Waals surface area contributed by atoms with Crippen LogP contribution in [0.3, 0.4) is 0 Å². The fourth-order valence-electron chi connectivity index (χ4n) is 3.25. The number of piperazine rings is 1. The topological polar surface area (TPSA) is 81.7 Å². The zero-order valence-corrected chi connectivity index (χ0v) is 17.1. The minimum atomic E-state index is -3.75. The summed E-state index contributed by atoms with van der Waals surface area (Å²) in [4.78, 5) is 16.7. The van der Waals surface area contributed by atoms with E-state index in [0.29, 0.717) is 13.1 Å². The first kappa shape index (κ1) is 21.2. The molecule has 1 aliphatic rings.